The van der Waals surface area contributed by atoms with Crippen LogP contribution in [0.15, 0.2) is 18.2 Å². The van der Waals surface area contributed by atoms with Crippen LogP contribution in [-0.4, -0.2) is 11.8 Å². The topological polar surface area (TPSA) is 58.2 Å². The minimum Gasteiger partial charge on any atom is -0.326 e. The quantitative estimate of drug-likeness (QED) is 0.856. The number of anilines is 2. The number of hydrogen-bond donors (Lipinski definition) is 2. The molecule has 0 radical (unpaired) electrons. The van der Waals surface area contributed by atoms with Crippen LogP contribution >= 0.6 is 0 Å². The fourth-order valence-electron chi connectivity index (χ4n) is 2.56. The smallest absolute Gasteiger partial charge is 0.234 e. The highest BCUT2D eigenvalue weighted by molar-refractivity contribution is 6.06. The van der Waals surface area contributed by atoms with Gasteiger partial charge in [0.05, 0.1) is 5.41 Å². The second kappa shape index (κ2) is 4.08. The number of benzene rings is 1. The van der Waals surface area contributed by atoms with Gasteiger partial charge in [-0.15, -0.1) is 0 Å². The lowest BCUT2D eigenvalue weighted by atomic mass is 9.84. The van der Waals surface area contributed by atoms with E-state index < -0.39 is 5.41 Å². The van der Waals surface area contributed by atoms with Gasteiger partial charge in [-0.25, -0.2) is 0 Å². The predicted molar refractivity (Wildman–Crippen MR) is 74.1 cm³/mol. The number of nitrogens with one attached hydrogen (secondary N) is 2. The van der Waals surface area contributed by atoms with Crippen molar-refractivity contribution in [3.8, 4) is 0 Å². The van der Waals surface area contributed by atoms with Gasteiger partial charge in [-0.3, -0.25) is 9.59 Å². The molecule has 2 aliphatic rings. The minimum atomic E-state index is -0.535. The van der Waals surface area contributed by atoms with Gasteiger partial charge in [-0.05, 0) is 50.5 Å². The van der Waals surface area contributed by atoms with Gasteiger partial charge >= 0.3 is 0 Å². The van der Waals surface area contributed by atoms with Crippen LogP contribution in [-0.2, 0) is 15.0 Å². The fourth-order valence-corrected chi connectivity index (χ4v) is 2.56. The van der Waals surface area contributed by atoms with Crippen molar-refractivity contribution in [3.63, 3.8) is 0 Å². The van der Waals surface area contributed by atoms with Gasteiger partial charge in [0.2, 0.25) is 11.8 Å². The van der Waals surface area contributed by atoms with Gasteiger partial charge < -0.3 is 10.6 Å². The van der Waals surface area contributed by atoms with E-state index in [4.69, 9.17) is 0 Å². The summed E-state index contributed by atoms with van der Waals surface area (Å²) >= 11 is 0. The van der Waals surface area contributed by atoms with Gasteiger partial charge in [0.25, 0.3) is 0 Å². The molecule has 4 nitrogen and oxygen atoms in total. The highest BCUT2D eigenvalue weighted by Gasteiger charge is 2.38. The Bertz CT molecular complexity index is 559. The largest absolute Gasteiger partial charge is 0.326 e. The number of carbonyl (C=O) groups excluding carboxylic acids is 2. The molecular weight excluding hydrogens is 240 g/mol. The first-order valence-electron chi connectivity index (χ1n) is 6.75. The molecule has 1 aromatic carbocycles. The maximum absolute atomic E-state index is 11.9. The Kier molecular flexibility index (Phi) is 2.62. The lowest BCUT2D eigenvalue weighted by Crippen LogP contribution is -2.28. The van der Waals surface area contributed by atoms with Crippen molar-refractivity contribution in [3.05, 3.63) is 23.8 Å². The van der Waals surface area contributed by atoms with Crippen molar-refractivity contribution in [2.24, 2.45) is 5.92 Å². The van der Waals surface area contributed by atoms with Crippen molar-refractivity contribution in [2.45, 2.75) is 38.5 Å². The summed E-state index contributed by atoms with van der Waals surface area (Å²) in [7, 11) is 0. The zero-order valence-corrected chi connectivity index (χ0v) is 11.2. The molecule has 1 aliphatic heterocycles. The van der Waals surface area contributed by atoms with Crippen LogP contribution in [0.3, 0.4) is 0 Å². The number of carbonyl (C=O) groups is 2. The molecule has 1 aromatic rings. The SMILES string of the molecule is CC1(C)C(=O)Nc2ccc(NC(=O)C3CCC3)cc21. The zero-order valence-electron chi connectivity index (χ0n) is 11.2. The van der Waals surface area contributed by atoms with Crippen molar-refractivity contribution in [1.29, 1.82) is 0 Å². The molecule has 0 bridgehead atoms. The minimum absolute atomic E-state index is 0.00460. The third kappa shape index (κ3) is 1.91. The van der Waals surface area contributed by atoms with Crippen molar-refractivity contribution < 1.29 is 9.59 Å². The summed E-state index contributed by atoms with van der Waals surface area (Å²) < 4.78 is 0. The van der Waals surface area contributed by atoms with Crippen LogP contribution in [0.5, 0.6) is 0 Å². The first-order chi connectivity index (χ1) is 8.98. The summed E-state index contributed by atoms with van der Waals surface area (Å²) in [6.45, 7) is 3.79. The van der Waals surface area contributed by atoms with E-state index in [1.807, 2.05) is 32.0 Å². The van der Waals surface area contributed by atoms with Crippen LogP contribution in [0, 0.1) is 5.92 Å². The molecule has 1 aliphatic carbocycles. The Labute approximate surface area is 112 Å². The van der Waals surface area contributed by atoms with Gasteiger partial charge in [0, 0.05) is 17.3 Å². The van der Waals surface area contributed by atoms with E-state index in [-0.39, 0.29) is 17.7 Å². The summed E-state index contributed by atoms with van der Waals surface area (Å²) in [5.74, 6) is 0.271. The Morgan fingerprint density at radius 3 is 2.74 bits per heavy atom. The molecule has 3 rings (SSSR count). The molecule has 2 N–H and O–H groups in total. The van der Waals surface area contributed by atoms with E-state index in [1.165, 1.54) is 0 Å². The summed E-state index contributed by atoms with van der Waals surface area (Å²) in [6.07, 6.45) is 3.12. The van der Waals surface area contributed by atoms with E-state index in [0.29, 0.717) is 0 Å². The second-order valence-corrected chi connectivity index (χ2v) is 5.96. The fraction of sp³-hybridized carbons (Fsp3) is 0.467. The molecule has 1 heterocycles. The molecule has 0 aromatic heterocycles. The maximum Gasteiger partial charge on any atom is 0.234 e. The molecule has 0 atom stereocenters. The first-order valence-corrected chi connectivity index (χ1v) is 6.75. The van der Waals surface area contributed by atoms with E-state index in [2.05, 4.69) is 10.6 Å². The molecule has 0 unspecified atom stereocenters. The van der Waals surface area contributed by atoms with Crippen molar-refractivity contribution >= 4 is 23.2 Å². The Morgan fingerprint density at radius 1 is 1.37 bits per heavy atom. The van der Waals surface area contributed by atoms with E-state index >= 15 is 0 Å². The second-order valence-electron chi connectivity index (χ2n) is 5.96. The van der Waals surface area contributed by atoms with Gasteiger partial charge in [-0.2, -0.15) is 0 Å². The number of amides is 2. The van der Waals surface area contributed by atoms with Crippen LogP contribution in [0.2, 0.25) is 0 Å². The Balaban J connectivity index is 1.84. The van der Waals surface area contributed by atoms with Crippen LogP contribution < -0.4 is 10.6 Å². The van der Waals surface area contributed by atoms with E-state index in [0.717, 1.165) is 36.2 Å². The van der Waals surface area contributed by atoms with Gasteiger partial charge in [0.15, 0.2) is 0 Å². The van der Waals surface area contributed by atoms with E-state index in [9.17, 15) is 9.59 Å². The highest BCUT2D eigenvalue weighted by Crippen LogP contribution is 2.39. The zero-order chi connectivity index (χ0) is 13.6. The summed E-state index contributed by atoms with van der Waals surface area (Å²) in [4.78, 5) is 23.8. The van der Waals surface area contributed by atoms with Crippen LogP contribution in [0.4, 0.5) is 11.4 Å². The third-order valence-electron chi connectivity index (χ3n) is 4.25. The number of hydrogen-bond acceptors (Lipinski definition) is 2. The molecule has 0 saturated heterocycles. The summed E-state index contributed by atoms with van der Waals surface area (Å²) in [5, 5.41) is 5.81. The monoisotopic (exact) mass is 258 g/mol. The van der Waals surface area contributed by atoms with Crippen molar-refractivity contribution in [1.82, 2.24) is 0 Å². The molecule has 1 fully saturated rings. The van der Waals surface area contributed by atoms with Crippen molar-refractivity contribution in [2.75, 3.05) is 10.6 Å². The molecule has 0 spiro atoms. The van der Waals surface area contributed by atoms with Gasteiger partial charge in [-0.1, -0.05) is 6.42 Å². The highest BCUT2D eigenvalue weighted by atomic mass is 16.2. The number of rotatable bonds is 2. The average molecular weight is 258 g/mol. The van der Waals surface area contributed by atoms with E-state index in [1.54, 1.807) is 0 Å². The molecule has 2 amide bonds. The molecular formula is C15H18N2O2. The van der Waals surface area contributed by atoms with Crippen LogP contribution in [0.1, 0.15) is 38.7 Å². The predicted octanol–water partition coefficient (Wildman–Crippen LogP) is 2.65. The Hall–Kier alpha value is -1.84. The molecule has 19 heavy (non-hydrogen) atoms. The lowest BCUT2D eigenvalue weighted by molar-refractivity contribution is -0.122. The summed E-state index contributed by atoms with van der Waals surface area (Å²) in [6, 6.07) is 5.61. The average Bonchev–Trinajstić information content (AvgIpc) is 2.49. The third-order valence-corrected chi connectivity index (χ3v) is 4.25. The first kappa shape index (κ1) is 12.2. The van der Waals surface area contributed by atoms with Gasteiger partial charge in [0.1, 0.15) is 0 Å². The normalized spacial score (nSPS) is 20.4. The Morgan fingerprint density at radius 2 is 2.11 bits per heavy atom. The molecule has 4 heteroatoms. The summed E-state index contributed by atoms with van der Waals surface area (Å²) in [5.41, 5.74) is 2.03. The standard InChI is InChI=1S/C15H18N2O2/c1-15(2)11-8-10(6-7-12(11)17-14(15)19)16-13(18)9-4-3-5-9/h6-9H,3-5H2,1-2H3,(H,16,18)(H,17,19). The lowest BCUT2D eigenvalue weighted by Gasteiger charge is -2.24. The van der Waals surface area contributed by atoms with Crippen LogP contribution in [0.25, 0.3) is 0 Å². The number of fused-ring (bicyclic) bond motifs is 1. The maximum atomic E-state index is 11.9. The molecule has 1 saturated carbocycles. The molecule has 100 valence electrons.